The Balaban J connectivity index is 0.000000578. The van der Waals surface area contributed by atoms with Crippen LogP contribution in [0.25, 0.3) is 33.4 Å². The third-order valence-electron chi connectivity index (χ3n) is 10.9. The molecule has 4 heterocycles. The predicted molar refractivity (Wildman–Crippen MR) is 237 cm³/mol. The van der Waals surface area contributed by atoms with E-state index in [1.165, 1.54) is 53.4 Å². The molecule has 314 valence electrons. The average molecular weight is 803 g/mol. The van der Waals surface area contributed by atoms with Gasteiger partial charge < -0.3 is 24.2 Å². The number of aromatic nitrogens is 3. The Labute approximate surface area is 346 Å². The molecule has 0 radical (unpaired) electrons. The van der Waals surface area contributed by atoms with Crippen LogP contribution in [0.5, 0.6) is 0 Å². The summed E-state index contributed by atoms with van der Waals surface area (Å²) < 4.78 is 8.11. The minimum atomic E-state index is -0.313. The number of aryl methyl sites for hydroxylation is 1. The monoisotopic (exact) mass is 803 g/mol. The molecule has 57 heavy (non-hydrogen) atoms. The van der Waals surface area contributed by atoms with Gasteiger partial charge in [0.1, 0.15) is 13.1 Å². The fraction of sp³-hybridized carbons (Fsp3) is 0.587. The lowest BCUT2D eigenvalue weighted by molar-refractivity contribution is -0.137. The molecule has 1 saturated carbocycles. The van der Waals surface area contributed by atoms with Crippen molar-refractivity contribution in [2.45, 2.75) is 125 Å². The Morgan fingerprint density at radius 2 is 1.84 bits per heavy atom. The van der Waals surface area contributed by atoms with Crippen LogP contribution < -0.4 is 10.7 Å². The number of carbonyl (C=O) groups excluding carboxylic acids is 3. The molecule has 6 rings (SSSR count). The molecule has 1 aromatic carbocycles. The van der Waals surface area contributed by atoms with E-state index in [4.69, 9.17) is 19.5 Å². The maximum Gasteiger partial charge on any atom is 0.254 e. The Bertz CT molecular complexity index is 1820. The number of hydrazine groups is 1. The molecule has 1 amide bonds. The van der Waals surface area contributed by atoms with Gasteiger partial charge in [0.2, 0.25) is 0 Å². The summed E-state index contributed by atoms with van der Waals surface area (Å²) in [7, 11) is 3.63. The Kier molecular flexibility index (Phi) is 19.7. The third kappa shape index (κ3) is 12.4. The van der Waals surface area contributed by atoms with Crippen molar-refractivity contribution in [3.8, 4) is 22.5 Å². The lowest BCUT2D eigenvalue weighted by Gasteiger charge is -2.30. The zero-order valence-corrected chi connectivity index (χ0v) is 37.3. The van der Waals surface area contributed by atoms with E-state index >= 15 is 0 Å². The van der Waals surface area contributed by atoms with Gasteiger partial charge in [-0.25, -0.2) is 10.4 Å². The molecule has 0 spiro atoms. The first-order valence-corrected chi connectivity index (χ1v) is 21.9. The molecule has 4 aromatic rings. The maximum atomic E-state index is 13.2. The van der Waals surface area contributed by atoms with E-state index in [1.807, 2.05) is 40.8 Å². The third-order valence-corrected chi connectivity index (χ3v) is 11.8. The first kappa shape index (κ1) is 47.6. The number of methoxy groups -OCH3 is 1. The fourth-order valence-electron chi connectivity index (χ4n) is 8.08. The fourth-order valence-corrected chi connectivity index (χ4v) is 8.93. The molecule has 11 heteroatoms. The van der Waals surface area contributed by atoms with E-state index < -0.39 is 0 Å². The highest BCUT2D eigenvalue weighted by molar-refractivity contribution is 7.10. The Hall–Kier alpha value is -3.77. The van der Waals surface area contributed by atoms with Gasteiger partial charge in [0.15, 0.2) is 0 Å². The van der Waals surface area contributed by atoms with Crippen molar-refractivity contribution in [3.63, 3.8) is 0 Å². The molecule has 1 saturated heterocycles. The quantitative estimate of drug-likeness (QED) is 0.121. The maximum absolute atomic E-state index is 13.2. The van der Waals surface area contributed by atoms with Crippen LogP contribution in [-0.2, 0) is 38.5 Å². The highest BCUT2D eigenvalue weighted by atomic mass is 32.1. The number of pyridine rings is 1. The van der Waals surface area contributed by atoms with Crippen molar-refractivity contribution in [2.24, 2.45) is 17.3 Å². The summed E-state index contributed by atoms with van der Waals surface area (Å²) >= 11 is 1.62. The van der Waals surface area contributed by atoms with Gasteiger partial charge in [-0.1, -0.05) is 67.4 Å². The standard InChI is InChI=1S/C35H48N6O2S.C8H14O.C2H6.CH2O/c1-8-40-30-14-13-24(29-21-44-31(39-29)19-28(36-6)34(42)41-17-10-9-16-38-41)18-26(30)27(20-35(4,5)22-43-7)33(40)25-12-11-15-37-32(25)23(2)3;1-7(6-9)8-4-2-3-5-8;2*1-2/h11-15,18,21,23,28,36,38H,8-10,16-17,19-20,22H2,1-7H3;6-8H,2-5H2,1H3;1-2H3;1H2. The van der Waals surface area contributed by atoms with E-state index in [-0.39, 0.29) is 17.4 Å². The summed E-state index contributed by atoms with van der Waals surface area (Å²) in [5, 5.41) is 9.31. The van der Waals surface area contributed by atoms with Crippen LogP contribution in [0.2, 0.25) is 0 Å². The van der Waals surface area contributed by atoms with Gasteiger partial charge in [-0.05, 0) is 93.2 Å². The number of fused-ring (bicyclic) bond motifs is 1. The second kappa shape index (κ2) is 23.6. The second-order valence-electron chi connectivity index (χ2n) is 16.0. The number of nitrogens with one attached hydrogen (secondary N) is 2. The molecule has 10 nitrogen and oxygen atoms in total. The number of amides is 1. The van der Waals surface area contributed by atoms with Gasteiger partial charge in [0.05, 0.1) is 34.7 Å². The van der Waals surface area contributed by atoms with Crippen LogP contribution in [0.3, 0.4) is 0 Å². The molecule has 2 N–H and O–H groups in total. The molecule has 2 atom stereocenters. The minimum absolute atomic E-state index is 0.0573. The van der Waals surface area contributed by atoms with E-state index in [0.29, 0.717) is 30.8 Å². The van der Waals surface area contributed by atoms with E-state index in [1.54, 1.807) is 23.5 Å². The van der Waals surface area contributed by atoms with E-state index in [2.05, 4.69) is 85.6 Å². The number of hydrogen-bond acceptors (Lipinski definition) is 9. The molecular weight excluding hydrogens is 733 g/mol. The molecule has 1 aliphatic carbocycles. The normalized spacial score (nSPS) is 15.5. The number of rotatable bonds is 14. The topological polar surface area (TPSA) is 118 Å². The number of benzene rings is 1. The van der Waals surface area contributed by atoms with Crippen molar-refractivity contribution in [1.29, 1.82) is 0 Å². The highest BCUT2D eigenvalue weighted by Gasteiger charge is 2.29. The van der Waals surface area contributed by atoms with Gasteiger partial charge in [-0.3, -0.25) is 14.8 Å². The predicted octanol–water partition coefficient (Wildman–Crippen LogP) is 9.30. The largest absolute Gasteiger partial charge is 0.384 e. The van der Waals surface area contributed by atoms with Gasteiger partial charge >= 0.3 is 0 Å². The Morgan fingerprint density at radius 1 is 1.12 bits per heavy atom. The number of thiazole rings is 1. The van der Waals surface area contributed by atoms with Gasteiger partial charge in [-0.2, -0.15) is 0 Å². The van der Waals surface area contributed by atoms with Crippen LogP contribution >= 0.6 is 11.3 Å². The number of hydrogen-bond donors (Lipinski definition) is 2. The smallest absolute Gasteiger partial charge is 0.254 e. The van der Waals surface area contributed by atoms with Gasteiger partial charge in [-0.15, -0.1) is 11.3 Å². The zero-order chi connectivity index (χ0) is 42.1. The highest BCUT2D eigenvalue weighted by Crippen LogP contribution is 2.41. The van der Waals surface area contributed by atoms with Gasteiger partial charge in [0, 0.05) is 72.7 Å². The molecule has 3 aromatic heterocycles. The number of ether oxygens (including phenoxy) is 1. The summed E-state index contributed by atoms with van der Waals surface area (Å²) in [5.41, 5.74) is 11.3. The SMILES string of the molecule is C=O.CC.CC(C=O)C1CCCC1.CCn1c(-c2cccnc2C(C)C)c(CC(C)(C)COC)c2cc(-c3csc(CC(NC)C(=O)N4CCCCN4)n3)ccc21. The minimum Gasteiger partial charge on any atom is -0.384 e. The lowest BCUT2D eigenvalue weighted by atomic mass is 9.84. The molecule has 0 bridgehead atoms. The first-order valence-electron chi connectivity index (χ1n) is 21.0. The molecule has 1 aliphatic heterocycles. The van der Waals surface area contributed by atoms with Crippen molar-refractivity contribution in [1.82, 2.24) is 30.3 Å². The van der Waals surface area contributed by atoms with E-state index in [0.717, 1.165) is 67.1 Å². The molecular formula is C46H70N6O4S. The van der Waals surface area contributed by atoms with Crippen LogP contribution in [0.1, 0.15) is 116 Å². The van der Waals surface area contributed by atoms with E-state index in [9.17, 15) is 9.59 Å². The van der Waals surface area contributed by atoms with Crippen molar-refractivity contribution < 1.29 is 19.1 Å². The summed E-state index contributed by atoms with van der Waals surface area (Å²) in [6.07, 6.45) is 11.8. The van der Waals surface area contributed by atoms with Crippen molar-refractivity contribution in [2.75, 3.05) is 33.9 Å². The average Bonchev–Trinajstić information content (AvgIpc) is 4.01. The number of carbonyl (C=O) groups is 3. The number of likely N-dealkylation sites (N-methyl/N-ethyl adjacent to an activating group) is 1. The number of aldehydes is 1. The summed E-state index contributed by atoms with van der Waals surface area (Å²) in [4.78, 5) is 41.3. The number of nitrogens with zero attached hydrogens (tertiary/aromatic N) is 4. The summed E-state index contributed by atoms with van der Waals surface area (Å²) in [5.74, 6) is 1.41. The molecule has 2 unspecified atom stereocenters. The van der Waals surface area contributed by atoms with Crippen LogP contribution in [-0.4, -0.2) is 78.4 Å². The van der Waals surface area contributed by atoms with Gasteiger partial charge in [0.25, 0.3) is 5.91 Å². The second-order valence-corrected chi connectivity index (χ2v) is 16.9. The zero-order valence-electron chi connectivity index (χ0n) is 36.5. The van der Waals surface area contributed by atoms with Crippen molar-refractivity contribution in [3.05, 3.63) is 58.2 Å². The summed E-state index contributed by atoms with van der Waals surface area (Å²) in [6, 6.07) is 10.7. The van der Waals surface area contributed by atoms with Crippen LogP contribution in [0, 0.1) is 17.3 Å². The first-order chi connectivity index (χ1) is 27.5. The van der Waals surface area contributed by atoms with Crippen LogP contribution in [0.4, 0.5) is 0 Å². The Morgan fingerprint density at radius 3 is 2.44 bits per heavy atom. The summed E-state index contributed by atoms with van der Waals surface area (Å²) in [6.45, 7) is 22.4. The molecule has 2 fully saturated rings. The molecule has 2 aliphatic rings. The lowest BCUT2D eigenvalue weighted by Crippen LogP contribution is -2.54. The van der Waals surface area contributed by atoms with Crippen LogP contribution in [0.15, 0.2) is 41.9 Å². The van der Waals surface area contributed by atoms with Crippen molar-refractivity contribution >= 4 is 41.2 Å².